The molecule has 29 heavy (non-hydrogen) atoms. The van der Waals surface area contributed by atoms with E-state index >= 15 is 0 Å². The molecule has 9 heteroatoms. The van der Waals surface area contributed by atoms with E-state index in [0.717, 1.165) is 6.42 Å². The van der Waals surface area contributed by atoms with E-state index in [1.165, 1.54) is 0 Å². The molecule has 0 saturated carbocycles. The lowest BCUT2D eigenvalue weighted by molar-refractivity contribution is 0.0767. The van der Waals surface area contributed by atoms with E-state index in [0.29, 0.717) is 48.7 Å². The lowest BCUT2D eigenvalue weighted by Gasteiger charge is -2.23. The normalized spacial score (nSPS) is 15.6. The van der Waals surface area contributed by atoms with E-state index < -0.39 is 0 Å². The van der Waals surface area contributed by atoms with Gasteiger partial charge in [-0.25, -0.2) is 4.68 Å². The number of H-pyrrole nitrogens is 1. The largest absolute Gasteiger partial charge is 0.340 e. The van der Waals surface area contributed by atoms with Gasteiger partial charge < -0.3 is 9.80 Å². The summed E-state index contributed by atoms with van der Waals surface area (Å²) in [6.45, 7) is 8.59. The van der Waals surface area contributed by atoms with Crippen molar-refractivity contribution in [3.8, 4) is 0 Å². The molecule has 1 saturated heterocycles. The first-order chi connectivity index (χ1) is 13.8. The van der Waals surface area contributed by atoms with Crippen LogP contribution in [0.2, 0.25) is 0 Å². The van der Waals surface area contributed by atoms with Gasteiger partial charge in [0.05, 0.1) is 11.7 Å². The van der Waals surface area contributed by atoms with E-state index in [2.05, 4.69) is 15.1 Å². The Morgan fingerprint density at radius 2 is 1.86 bits per heavy atom. The first-order valence-electron chi connectivity index (χ1n) is 9.77. The fraction of sp³-hybridized carbons (Fsp3) is 0.450. The average Bonchev–Trinajstić information content (AvgIpc) is 2.99. The molecular formula is C20H25N7O2. The smallest absolute Gasteiger partial charge is 0.263 e. The highest BCUT2D eigenvalue weighted by molar-refractivity contribution is 5.94. The number of amides is 1. The van der Waals surface area contributed by atoms with Crippen LogP contribution < -0.4 is 10.5 Å². The Morgan fingerprint density at radius 1 is 1.10 bits per heavy atom. The number of hydrogen-bond donors (Lipinski definition) is 1. The van der Waals surface area contributed by atoms with Crippen LogP contribution in [0.4, 0.5) is 5.95 Å². The second-order valence-electron chi connectivity index (χ2n) is 8.22. The first kappa shape index (κ1) is 19.1. The van der Waals surface area contributed by atoms with Crippen LogP contribution in [0.5, 0.6) is 0 Å². The summed E-state index contributed by atoms with van der Waals surface area (Å²) in [5, 5.41) is 4.84. The zero-order chi connectivity index (χ0) is 20.6. The Bertz CT molecular complexity index is 1080. The lowest BCUT2D eigenvalue weighted by atomic mass is 10.1. The van der Waals surface area contributed by atoms with Crippen molar-refractivity contribution in [2.45, 2.75) is 32.7 Å². The lowest BCUT2D eigenvalue weighted by Crippen LogP contribution is -2.36. The number of nitrogens with zero attached hydrogens (tertiary/aromatic N) is 6. The van der Waals surface area contributed by atoms with Crippen molar-refractivity contribution in [3.05, 3.63) is 46.6 Å². The summed E-state index contributed by atoms with van der Waals surface area (Å²) in [7, 11) is 0. The van der Waals surface area contributed by atoms with Gasteiger partial charge in [-0.15, -0.1) is 0 Å². The second kappa shape index (κ2) is 7.31. The van der Waals surface area contributed by atoms with Gasteiger partial charge in [0.1, 0.15) is 5.39 Å². The van der Waals surface area contributed by atoms with Gasteiger partial charge in [-0.3, -0.25) is 19.6 Å². The number of fused-ring (bicyclic) bond motifs is 1. The number of anilines is 1. The molecule has 0 atom stereocenters. The SMILES string of the molecule is CC(C)(C)n1ncc2c(=O)[nH]c(N3CCCN(C(=O)c4ccncc4)CC3)nc21. The molecule has 1 aliphatic rings. The van der Waals surface area contributed by atoms with Gasteiger partial charge in [0.25, 0.3) is 11.5 Å². The van der Waals surface area contributed by atoms with Crippen LogP contribution >= 0.6 is 0 Å². The Morgan fingerprint density at radius 3 is 2.59 bits per heavy atom. The van der Waals surface area contributed by atoms with Crippen LogP contribution in [-0.2, 0) is 5.54 Å². The van der Waals surface area contributed by atoms with Gasteiger partial charge in [-0.05, 0) is 39.3 Å². The van der Waals surface area contributed by atoms with Crippen molar-refractivity contribution in [2.24, 2.45) is 0 Å². The van der Waals surface area contributed by atoms with E-state index in [4.69, 9.17) is 4.98 Å². The first-order valence-corrected chi connectivity index (χ1v) is 9.77. The molecule has 0 spiro atoms. The predicted molar refractivity (Wildman–Crippen MR) is 110 cm³/mol. The molecule has 0 unspecified atom stereocenters. The van der Waals surface area contributed by atoms with Crippen molar-refractivity contribution in [2.75, 3.05) is 31.1 Å². The third-order valence-corrected chi connectivity index (χ3v) is 5.07. The van der Waals surface area contributed by atoms with Gasteiger partial charge >= 0.3 is 0 Å². The number of aromatic nitrogens is 5. The number of carbonyl (C=O) groups is 1. The monoisotopic (exact) mass is 395 g/mol. The highest BCUT2D eigenvalue weighted by Gasteiger charge is 2.24. The van der Waals surface area contributed by atoms with E-state index in [9.17, 15) is 9.59 Å². The van der Waals surface area contributed by atoms with Crippen LogP contribution in [0.1, 0.15) is 37.6 Å². The maximum Gasteiger partial charge on any atom is 0.263 e. The number of rotatable bonds is 2. The van der Waals surface area contributed by atoms with Gasteiger partial charge in [0.15, 0.2) is 5.65 Å². The topological polar surface area (TPSA) is 100 Å². The quantitative estimate of drug-likeness (QED) is 0.708. The summed E-state index contributed by atoms with van der Waals surface area (Å²) in [5.41, 5.74) is 0.724. The summed E-state index contributed by atoms with van der Waals surface area (Å²) < 4.78 is 1.78. The van der Waals surface area contributed by atoms with Crippen LogP contribution in [0.15, 0.2) is 35.5 Å². The minimum atomic E-state index is -0.285. The van der Waals surface area contributed by atoms with Crippen molar-refractivity contribution >= 4 is 22.9 Å². The van der Waals surface area contributed by atoms with Crippen molar-refractivity contribution in [1.82, 2.24) is 29.6 Å². The molecule has 3 aromatic heterocycles. The highest BCUT2D eigenvalue weighted by Crippen LogP contribution is 2.20. The van der Waals surface area contributed by atoms with Crippen molar-refractivity contribution < 1.29 is 4.79 Å². The highest BCUT2D eigenvalue weighted by atomic mass is 16.2. The summed E-state index contributed by atoms with van der Waals surface area (Å²) >= 11 is 0. The molecule has 0 radical (unpaired) electrons. The Hall–Kier alpha value is -3.23. The summed E-state index contributed by atoms with van der Waals surface area (Å²) in [6.07, 6.45) is 5.60. The molecule has 152 valence electrons. The number of hydrogen-bond acceptors (Lipinski definition) is 6. The van der Waals surface area contributed by atoms with Gasteiger partial charge in [-0.2, -0.15) is 10.1 Å². The molecule has 9 nitrogen and oxygen atoms in total. The number of pyridine rings is 1. The van der Waals surface area contributed by atoms with Crippen LogP contribution in [0.25, 0.3) is 11.0 Å². The summed E-state index contributed by atoms with van der Waals surface area (Å²) in [5.74, 6) is 0.517. The third kappa shape index (κ3) is 3.72. The molecule has 4 rings (SSSR count). The zero-order valence-corrected chi connectivity index (χ0v) is 16.9. The summed E-state index contributed by atoms with van der Waals surface area (Å²) in [4.78, 5) is 40.8. The fourth-order valence-electron chi connectivity index (χ4n) is 3.56. The van der Waals surface area contributed by atoms with Crippen molar-refractivity contribution in [1.29, 1.82) is 0 Å². The maximum atomic E-state index is 12.7. The van der Waals surface area contributed by atoms with Crippen molar-refractivity contribution in [3.63, 3.8) is 0 Å². The van der Waals surface area contributed by atoms with E-state index in [-0.39, 0.29) is 17.0 Å². The standard InChI is InChI=1S/C20H25N7O2/c1-20(2,3)27-16-15(13-22-27)17(28)24-19(23-16)26-10-4-9-25(11-12-26)18(29)14-5-7-21-8-6-14/h5-8,13H,4,9-12H2,1-3H3,(H,23,24,28). The average molecular weight is 395 g/mol. The van der Waals surface area contributed by atoms with Crippen LogP contribution in [0.3, 0.4) is 0 Å². The molecule has 3 aromatic rings. The number of nitrogens with one attached hydrogen (secondary N) is 1. The maximum absolute atomic E-state index is 12.7. The molecule has 0 aromatic carbocycles. The fourth-order valence-corrected chi connectivity index (χ4v) is 3.56. The minimum Gasteiger partial charge on any atom is -0.340 e. The third-order valence-electron chi connectivity index (χ3n) is 5.07. The van der Waals surface area contributed by atoms with E-state index in [1.54, 1.807) is 35.4 Å². The zero-order valence-electron chi connectivity index (χ0n) is 16.9. The Kier molecular flexibility index (Phi) is 4.81. The Labute approximate surface area is 168 Å². The van der Waals surface area contributed by atoms with Gasteiger partial charge in [0, 0.05) is 44.1 Å². The number of aromatic amines is 1. The molecule has 1 N–H and O–H groups in total. The minimum absolute atomic E-state index is 0.00281. The predicted octanol–water partition coefficient (Wildman–Crippen LogP) is 1.62. The van der Waals surface area contributed by atoms with Crippen LogP contribution in [0, 0.1) is 0 Å². The Balaban J connectivity index is 1.59. The van der Waals surface area contributed by atoms with E-state index in [1.807, 2.05) is 30.6 Å². The van der Waals surface area contributed by atoms with Gasteiger partial charge in [-0.1, -0.05) is 0 Å². The molecule has 0 aliphatic carbocycles. The molecule has 4 heterocycles. The molecular weight excluding hydrogens is 370 g/mol. The molecule has 1 fully saturated rings. The van der Waals surface area contributed by atoms with Crippen LogP contribution in [-0.4, -0.2) is 61.7 Å². The number of carbonyl (C=O) groups excluding carboxylic acids is 1. The molecule has 1 amide bonds. The molecule has 1 aliphatic heterocycles. The second-order valence-corrected chi connectivity index (χ2v) is 8.22. The molecule has 0 bridgehead atoms. The summed E-state index contributed by atoms with van der Waals surface area (Å²) in [6, 6.07) is 3.46. The van der Waals surface area contributed by atoms with Gasteiger partial charge in [0.2, 0.25) is 5.95 Å².